The van der Waals surface area contributed by atoms with Gasteiger partial charge in [0.2, 0.25) is 0 Å². The van der Waals surface area contributed by atoms with Crippen LogP contribution in [-0.4, -0.2) is 42.3 Å². The van der Waals surface area contributed by atoms with Crippen molar-refractivity contribution in [2.45, 2.75) is 52.2 Å². The second kappa shape index (κ2) is 5.59. The highest BCUT2D eigenvalue weighted by atomic mass is 16.6. The van der Waals surface area contributed by atoms with E-state index in [0.717, 1.165) is 6.42 Å². The Labute approximate surface area is 108 Å². The molecule has 0 bridgehead atoms. The Morgan fingerprint density at radius 2 is 1.89 bits per heavy atom. The van der Waals surface area contributed by atoms with E-state index in [1.807, 2.05) is 20.8 Å². The summed E-state index contributed by atoms with van der Waals surface area (Å²) in [4.78, 5) is 25.3. The van der Waals surface area contributed by atoms with Crippen LogP contribution in [0.25, 0.3) is 0 Å². The fraction of sp³-hybridized carbons (Fsp3) is 0.846. The number of ether oxygens (including phenoxy) is 2. The number of methoxy groups -OCH3 is 1. The summed E-state index contributed by atoms with van der Waals surface area (Å²) < 4.78 is 10.1. The lowest BCUT2D eigenvalue weighted by molar-refractivity contribution is -0.148. The van der Waals surface area contributed by atoms with Crippen LogP contribution >= 0.6 is 0 Å². The van der Waals surface area contributed by atoms with Crippen molar-refractivity contribution in [2.24, 2.45) is 5.92 Å². The zero-order chi connectivity index (χ0) is 13.9. The van der Waals surface area contributed by atoms with E-state index in [0.29, 0.717) is 18.9 Å². The van der Waals surface area contributed by atoms with Gasteiger partial charge in [0, 0.05) is 6.54 Å². The standard InChI is InChI=1S/C13H23NO4/c1-9-6-7-14(10(8-9)11(15)17-5)12(16)18-13(2,3)4/h9-10H,6-8H2,1-5H3/t9?,10-/m1/s1. The molecule has 1 amide bonds. The highest BCUT2D eigenvalue weighted by molar-refractivity contribution is 5.81. The summed E-state index contributed by atoms with van der Waals surface area (Å²) >= 11 is 0. The van der Waals surface area contributed by atoms with Gasteiger partial charge in [-0.05, 0) is 39.5 Å². The number of carbonyl (C=O) groups excluding carboxylic acids is 2. The first-order chi connectivity index (χ1) is 8.24. The second-order valence-corrected chi connectivity index (χ2v) is 5.84. The van der Waals surface area contributed by atoms with Crippen LogP contribution < -0.4 is 0 Å². The summed E-state index contributed by atoms with van der Waals surface area (Å²) in [5, 5.41) is 0. The first-order valence-electron chi connectivity index (χ1n) is 6.32. The first-order valence-corrected chi connectivity index (χ1v) is 6.32. The van der Waals surface area contributed by atoms with E-state index in [2.05, 4.69) is 6.92 Å². The molecule has 0 N–H and O–H groups in total. The lowest BCUT2D eigenvalue weighted by Gasteiger charge is -2.37. The molecule has 1 heterocycles. The second-order valence-electron chi connectivity index (χ2n) is 5.84. The third kappa shape index (κ3) is 3.89. The van der Waals surface area contributed by atoms with Crippen molar-refractivity contribution in [2.75, 3.05) is 13.7 Å². The summed E-state index contributed by atoms with van der Waals surface area (Å²) in [7, 11) is 1.34. The molecule has 2 atom stereocenters. The molecule has 5 nitrogen and oxygen atoms in total. The maximum Gasteiger partial charge on any atom is 0.411 e. The van der Waals surface area contributed by atoms with E-state index in [1.54, 1.807) is 0 Å². The van der Waals surface area contributed by atoms with Gasteiger partial charge in [-0.3, -0.25) is 4.90 Å². The van der Waals surface area contributed by atoms with Crippen LogP contribution in [0.3, 0.4) is 0 Å². The van der Waals surface area contributed by atoms with Crippen LogP contribution in [0, 0.1) is 5.92 Å². The van der Waals surface area contributed by atoms with Gasteiger partial charge >= 0.3 is 12.1 Å². The molecule has 0 aliphatic carbocycles. The van der Waals surface area contributed by atoms with Gasteiger partial charge in [0.15, 0.2) is 0 Å². The summed E-state index contributed by atoms with van der Waals surface area (Å²) in [6.07, 6.45) is 1.07. The van der Waals surface area contributed by atoms with Crippen molar-refractivity contribution in [3.05, 3.63) is 0 Å². The Hall–Kier alpha value is -1.26. The quantitative estimate of drug-likeness (QED) is 0.676. The third-order valence-corrected chi connectivity index (χ3v) is 2.97. The zero-order valence-electron chi connectivity index (χ0n) is 11.9. The molecule has 1 fully saturated rings. The van der Waals surface area contributed by atoms with E-state index < -0.39 is 17.7 Å². The summed E-state index contributed by atoms with van der Waals surface area (Å²) in [6.45, 7) is 8.04. The van der Waals surface area contributed by atoms with E-state index in [9.17, 15) is 9.59 Å². The minimum absolute atomic E-state index is 0.368. The lowest BCUT2D eigenvalue weighted by Crippen LogP contribution is -2.51. The van der Waals surface area contributed by atoms with E-state index in [-0.39, 0.29) is 5.97 Å². The molecule has 1 unspecified atom stereocenters. The molecule has 1 saturated heterocycles. The minimum atomic E-state index is -0.555. The molecule has 5 heteroatoms. The number of likely N-dealkylation sites (tertiary alicyclic amines) is 1. The molecule has 0 aromatic carbocycles. The van der Waals surface area contributed by atoms with Crippen LogP contribution in [-0.2, 0) is 14.3 Å². The van der Waals surface area contributed by atoms with E-state index in [4.69, 9.17) is 9.47 Å². The van der Waals surface area contributed by atoms with Gasteiger partial charge in [0.05, 0.1) is 7.11 Å². The Balaban J connectivity index is 2.77. The Morgan fingerprint density at radius 1 is 1.28 bits per heavy atom. The van der Waals surface area contributed by atoms with Gasteiger partial charge in [-0.25, -0.2) is 9.59 Å². The average Bonchev–Trinajstić information content (AvgIpc) is 2.25. The van der Waals surface area contributed by atoms with Gasteiger partial charge in [-0.2, -0.15) is 0 Å². The van der Waals surface area contributed by atoms with Crippen LogP contribution in [0.15, 0.2) is 0 Å². The molecule has 18 heavy (non-hydrogen) atoms. The number of piperidine rings is 1. The number of hydrogen-bond donors (Lipinski definition) is 0. The van der Waals surface area contributed by atoms with Crippen LogP contribution in [0.5, 0.6) is 0 Å². The van der Waals surface area contributed by atoms with Crippen LogP contribution in [0.4, 0.5) is 4.79 Å². The van der Waals surface area contributed by atoms with Crippen LogP contribution in [0.2, 0.25) is 0 Å². The average molecular weight is 257 g/mol. The largest absolute Gasteiger partial charge is 0.467 e. The Bertz CT molecular complexity index is 321. The lowest BCUT2D eigenvalue weighted by atomic mass is 9.93. The first kappa shape index (κ1) is 14.8. The smallest absolute Gasteiger partial charge is 0.411 e. The number of rotatable bonds is 1. The molecule has 0 saturated carbocycles. The summed E-state index contributed by atoms with van der Waals surface area (Å²) in [6, 6.07) is -0.520. The van der Waals surface area contributed by atoms with Gasteiger partial charge in [0.25, 0.3) is 0 Å². The van der Waals surface area contributed by atoms with E-state index in [1.165, 1.54) is 12.0 Å². The molecule has 1 aliphatic heterocycles. The van der Waals surface area contributed by atoms with Crippen molar-refractivity contribution < 1.29 is 19.1 Å². The van der Waals surface area contributed by atoms with Gasteiger partial charge in [-0.1, -0.05) is 6.92 Å². The number of esters is 1. The Kier molecular flexibility index (Phi) is 4.59. The summed E-state index contributed by atoms with van der Waals surface area (Å²) in [5.41, 5.74) is -0.555. The molecule has 0 radical (unpaired) electrons. The molecule has 1 aliphatic rings. The fourth-order valence-electron chi connectivity index (χ4n) is 2.04. The molecular formula is C13H23NO4. The third-order valence-electron chi connectivity index (χ3n) is 2.97. The molecular weight excluding hydrogens is 234 g/mol. The predicted octanol–water partition coefficient (Wildman–Crippen LogP) is 2.20. The predicted molar refractivity (Wildman–Crippen MR) is 67.1 cm³/mol. The highest BCUT2D eigenvalue weighted by Crippen LogP contribution is 2.25. The fourth-order valence-corrected chi connectivity index (χ4v) is 2.04. The maximum absolute atomic E-state index is 12.0. The Morgan fingerprint density at radius 3 is 2.39 bits per heavy atom. The monoisotopic (exact) mass is 257 g/mol. The van der Waals surface area contributed by atoms with Crippen molar-refractivity contribution in [3.8, 4) is 0 Å². The van der Waals surface area contributed by atoms with Crippen molar-refractivity contribution >= 4 is 12.1 Å². The molecule has 0 spiro atoms. The molecule has 1 rings (SSSR count). The molecule has 0 aromatic heterocycles. The van der Waals surface area contributed by atoms with Gasteiger partial charge < -0.3 is 9.47 Å². The highest BCUT2D eigenvalue weighted by Gasteiger charge is 2.37. The summed E-state index contributed by atoms with van der Waals surface area (Å²) in [5.74, 6) is 0.0418. The normalized spacial score (nSPS) is 24.6. The van der Waals surface area contributed by atoms with Crippen molar-refractivity contribution in [1.82, 2.24) is 4.90 Å². The van der Waals surface area contributed by atoms with Crippen molar-refractivity contribution in [1.29, 1.82) is 0 Å². The topological polar surface area (TPSA) is 55.8 Å². The van der Waals surface area contributed by atoms with Crippen molar-refractivity contribution in [3.63, 3.8) is 0 Å². The van der Waals surface area contributed by atoms with Gasteiger partial charge in [-0.15, -0.1) is 0 Å². The number of hydrogen-bond acceptors (Lipinski definition) is 4. The minimum Gasteiger partial charge on any atom is -0.467 e. The van der Waals surface area contributed by atoms with Gasteiger partial charge in [0.1, 0.15) is 11.6 Å². The number of nitrogens with zero attached hydrogens (tertiary/aromatic N) is 1. The molecule has 104 valence electrons. The number of amides is 1. The SMILES string of the molecule is COC(=O)[C@H]1CC(C)CCN1C(=O)OC(C)(C)C. The number of carbonyl (C=O) groups is 2. The molecule has 0 aromatic rings. The zero-order valence-corrected chi connectivity index (χ0v) is 11.9. The van der Waals surface area contributed by atoms with Crippen LogP contribution in [0.1, 0.15) is 40.5 Å². The maximum atomic E-state index is 12.0. The van der Waals surface area contributed by atoms with E-state index >= 15 is 0 Å².